The molecule has 2 aromatic carbocycles. The van der Waals surface area contributed by atoms with E-state index in [0.29, 0.717) is 35.0 Å². The molecule has 0 unspecified atom stereocenters. The number of carbonyl (C=O) groups is 2. The number of methoxy groups -OCH3 is 2. The number of hydrogen-bond acceptors (Lipinski definition) is 7. The van der Waals surface area contributed by atoms with Crippen LogP contribution in [-0.2, 0) is 16.1 Å². The number of amides is 2. The molecule has 0 aliphatic carbocycles. The fraction of sp³-hybridized carbons (Fsp3) is 0.423. The van der Waals surface area contributed by atoms with Crippen molar-refractivity contribution in [2.75, 3.05) is 19.1 Å². The van der Waals surface area contributed by atoms with Gasteiger partial charge in [-0.15, -0.1) is 10.2 Å². The largest absolute Gasteiger partial charge is 0.493 e. The molecule has 1 atom stereocenters. The van der Waals surface area contributed by atoms with Crippen LogP contribution in [0.5, 0.6) is 11.5 Å². The Morgan fingerprint density at radius 3 is 2.36 bits per heavy atom. The van der Waals surface area contributed by atoms with E-state index in [9.17, 15) is 9.59 Å². The standard InChI is InChI=1S/C26H34N6O4/c1-7-11-20(25(34)27-26(2,3)4)32(19-12-9-8-10-13-19)23(33)17-31-29-24(28-30-31)18-14-15-21(35-5)22(16-18)36-6/h8-10,12-16,20H,7,11,17H2,1-6H3,(H,27,34)/t20-/m1/s1. The predicted octanol–water partition coefficient (Wildman–Crippen LogP) is 3.47. The first-order chi connectivity index (χ1) is 17.2. The highest BCUT2D eigenvalue weighted by molar-refractivity contribution is 6.00. The highest BCUT2D eigenvalue weighted by atomic mass is 16.5. The molecule has 3 aromatic rings. The van der Waals surface area contributed by atoms with E-state index in [1.165, 1.54) is 9.70 Å². The second-order valence-electron chi connectivity index (χ2n) is 9.36. The summed E-state index contributed by atoms with van der Waals surface area (Å²) >= 11 is 0. The smallest absolute Gasteiger partial charge is 0.251 e. The van der Waals surface area contributed by atoms with Crippen LogP contribution < -0.4 is 19.7 Å². The summed E-state index contributed by atoms with van der Waals surface area (Å²) in [6, 6.07) is 13.8. The Balaban J connectivity index is 1.89. The van der Waals surface area contributed by atoms with Gasteiger partial charge in [-0.3, -0.25) is 14.5 Å². The third-order valence-corrected chi connectivity index (χ3v) is 5.35. The molecule has 1 aromatic heterocycles. The van der Waals surface area contributed by atoms with Crippen LogP contribution in [0.4, 0.5) is 5.69 Å². The number of rotatable bonds is 10. The molecule has 36 heavy (non-hydrogen) atoms. The molecule has 10 heteroatoms. The van der Waals surface area contributed by atoms with Crippen molar-refractivity contribution in [1.82, 2.24) is 25.5 Å². The molecule has 0 aliphatic rings. The van der Waals surface area contributed by atoms with Gasteiger partial charge in [0, 0.05) is 16.8 Å². The number of aromatic nitrogens is 4. The summed E-state index contributed by atoms with van der Waals surface area (Å²) in [6.07, 6.45) is 1.23. The van der Waals surface area contributed by atoms with E-state index in [0.717, 1.165) is 6.42 Å². The third kappa shape index (κ3) is 6.59. The number of hydrogen-bond donors (Lipinski definition) is 1. The normalized spacial score (nSPS) is 12.1. The number of benzene rings is 2. The molecule has 192 valence electrons. The average Bonchev–Trinajstić information content (AvgIpc) is 3.31. The maximum atomic E-state index is 13.6. The third-order valence-electron chi connectivity index (χ3n) is 5.35. The van der Waals surface area contributed by atoms with Gasteiger partial charge in [0.1, 0.15) is 12.6 Å². The first-order valence-electron chi connectivity index (χ1n) is 11.9. The van der Waals surface area contributed by atoms with Gasteiger partial charge in [-0.2, -0.15) is 4.80 Å². The number of ether oxygens (including phenoxy) is 2. The Kier molecular flexibility index (Phi) is 8.63. The summed E-state index contributed by atoms with van der Waals surface area (Å²) in [7, 11) is 3.11. The number of anilines is 1. The predicted molar refractivity (Wildman–Crippen MR) is 137 cm³/mol. The van der Waals surface area contributed by atoms with Gasteiger partial charge in [-0.1, -0.05) is 31.5 Å². The van der Waals surface area contributed by atoms with E-state index < -0.39 is 11.6 Å². The Morgan fingerprint density at radius 2 is 1.75 bits per heavy atom. The molecule has 1 N–H and O–H groups in total. The van der Waals surface area contributed by atoms with Gasteiger partial charge < -0.3 is 14.8 Å². The van der Waals surface area contributed by atoms with Crippen molar-refractivity contribution in [3.8, 4) is 22.9 Å². The van der Waals surface area contributed by atoms with Crippen LogP contribution >= 0.6 is 0 Å². The van der Waals surface area contributed by atoms with E-state index in [-0.39, 0.29) is 18.4 Å². The fourth-order valence-electron chi connectivity index (χ4n) is 3.79. The summed E-state index contributed by atoms with van der Waals surface area (Å²) < 4.78 is 10.6. The van der Waals surface area contributed by atoms with Crippen LogP contribution in [0.2, 0.25) is 0 Å². The SMILES string of the molecule is CCC[C@H](C(=O)NC(C)(C)C)N(C(=O)Cn1nnc(-c2ccc(OC)c(OC)c2)n1)c1ccccc1. The Bertz CT molecular complexity index is 1170. The molecule has 1 heterocycles. The van der Waals surface area contributed by atoms with Crippen molar-refractivity contribution in [1.29, 1.82) is 0 Å². The fourth-order valence-corrected chi connectivity index (χ4v) is 3.79. The van der Waals surface area contributed by atoms with Gasteiger partial charge in [0.25, 0.3) is 5.91 Å². The summed E-state index contributed by atoms with van der Waals surface area (Å²) in [4.78, 5) is 29.6. The Morgan fingerprint density at radius 1 is 1.06 bits per heavy atom. The lowest BCUT2D eigenvalue weighted by Crippen LogP contribution is -2.54. The molecule has 0 aliphatic heterocycles. The molecule has 0 saturated carbocycles. The first kappa shape index (κ1) is 26.7. The van der Waals surface area contributed by atoms with Gasteiger partial charge in [0.05, 0.1) is 14.2 Å². The van der Waals surface area contributed by atoms with Crippen molar-refractivity contribution in [2.24, 2.45) is 0 Å². The van der Waals surface area contributed by atoms with E-state index >= 15 is 0 Å². The summed E-state index contributed by atoms with van der Waals surface area (Å²) in [5, 5.41) is 15.6. The van der Waals surface area contributed by atoms with E-state index in [2.05, 4.69) is 20.7 Å². The minimum absolute atomic E-state index is 0.182. The van der Waals surface area contributed by atoms with E-state index in [4.69, 9.17) is 9.47 Å². The molecule has 0 spiro atoms. The Hall–Kier alpha value is -3.95. The van der Waals surface area contributed by atoms with Crippen molar-refractivity contribution in [3.63, 3.8) is 0 Å². The van der Waals surface area contributed by atoms with Crippen molar-refractivity contribution >= 4 is 17.5 Å². The minimum atomic E-state index is -0.682. The van der Waals surface area contributed by atoms with Gasteiger partial charge in [0.2, 0.25) is 11.7 Å². The van der Waals surface area contributed by atoms with Crippen LogP contribution in [0.1, 0.15) is 40.5 Å². The van der Waals surface area contributed by atoms with Crippen molar-refractivity contribution in [2.45, 2.75) is 58.7 Å². The summed E-state index contributed by atoms with van der Waals surface area (Å²) in [5.41, 5.74) is 0.862. The van der Waals surface area contributed by atoms with Gasteiger partial charge >= 0.3 is 0 Å². The van der Waals surface area contributed by atoms with Gasteiger partial charge in [0.15, 0.2) is 11.5 Å². The number of carbonyl (C=O) groups excluding carboxylic acids is 2. The molecular weight excluding hydrogens is 460 g/mol. The van der Waals surface area contributed by atoms with Crippen molar-refractivity contribution < 1.29 is 19.1 Å². The highest BCUT2D eigenvalue weighted by Crippen LogP contribution is 2.30. The zero-order valence-electron chi connectivity index (χ0n) is 21.7. The Labute approximate surface area is 211 Å². The van der Waals surface area contributed by atoms with E-state index in [1.54, 1.807) is 32.4 Å². The van der Waals surface area contributed by atoms with Crippen LogP contribution in [0, 0.1) is 0 Å². The quantitative estimate of drug-likeness (QED) is 0.459. The number of tetrazole rings is 1. The molecular formula is C26H34N6O4. The molecule has 0 bridgehead atoms. The van der Waals surface area contributed by atoms with E-state index in [1.807, 2.05) is 58.0 Å². The minimum Gasteiger partial charge on any atom is -0.493 e. The molecule has 10 nitrogen and oxygen atoms in total. The second kappa shape index (κ2) is 11.7. The zero-order valence-corrected chi connectivity index (χ0v) is 21.7. The maximum absolute atomic E-state index is 13.6. The lowest BCUT2D eigenvalue weighted by Gasteiger charge is -2.33. The number of para-hydroxylation sites is 1. The summed E-state index contributed by atoms with van der Waals surface area (Å²) in [6.45, 7) is 7.55. The lowest BCUT2D eigenvalue weighted by molar-refractivity contribution is -0.128. The molecule has 0 radical (unpaired) electrons. The van der Waals surface area contributed by atoms with Crippen LogP contribution in [0.15, 0.2) is 48.5 Å². The number of nitrogens with one attached hydrogen (secondary N) is 1. The first-order valence-corrected chi connectivity index (χ1v) is 11.9. The van der Waals surface area contributed by atoms with Crippen molar-refractivity contribution in [3.05, 3.63) is 48.5 Å². The number of nitrogens with zero attached hydrogens (tertiary/aromatic N) is 5. The molecule has 3 rings (SSSR count). The maximum Gasteiger partial charge on any atom is 0.251 e. The topological polar surface area (TPSA) is 111 Å². The average molecular weight is 495 g/mol. The summed E-state index contributed by atoms with van der Waals surface area (Å²) in [5.74, 6) is 0.924. The van der Waals surface area contributed by atoms with Crippen LogP contribution in [0.3, 0.4) is 0 Å². The molecule has 0 saturated heterocycles. The highest BCUT2D eigenvalue weighted by Gasteiger charge is 2.32. The van der Waals surface area contributed by atoms with Crippen LogP contribution in [0.25, 0.3) is 11.4 Å². The second-order valence-corrected chi connectivity index (χ2v) is 9.36. The monoisotopic (exact) mass is 494 g/mol. The van der Waals surface area contributed by atoms with Gasteiger partial charge in [-0.25, -0.2) is 0 Å². The zero-order chi connectivity index (χ0) is 26.3. The molecule has 0 fully saturated rings. The van der Waals surface area contributed by atoms with Gasteiger partial charge in [-0.05, 0) is 62.7 Å². The molecule has 2 amide bonds. The lowest BCUT2D eigenvalue weighted by atomic mass is 10.0. The van der Waals surface area contributed by atoms with Crippen LogP contribution in [-0.4, -0.2) is 57.8 Å².